The minimum Gasteiger partial charge on any atom is -0.480 e. The fraction of sp³-hybridized carbons (Fsp3) is 0.273. The van der Waals surface area contributed by atoms with Gasteiger partial charge >= 0.3 is 5.97 Å². The van der Waals surface area contributed by atoms with Gasteiger partial charge in [0.25, 0.3) is 5.91 Å². The molecule has 1 aliphatic heterocycles. The molecule has 1 unspecified atom stereocenters. The number of carbonyl (C=O) groups is 2. The predicted octanol–water partition coefficient (Wildman–Crippen LogP) is -0.443. The van der Waals surface area contributed by atoms with E-state index in [2.05, 4.69) is 5.32 Å². The summed E-state index contributed by atoms with van der Waals surface area (Å²) >= 11 is 0. The van der Waals surface area contributed by atoms with Gasteiger partial charge in [-0.3, -0.25) is 9.59 Å². The number of hydrogen-bond acceptors (Lipinski definition) is 5. The van der Waals surface area contributed by atoms with Crippen molar-refractivity contribution in [2.75, 3.05) is 13.3 Å². The van der Waals surface area contributed by atoms with Crippen LogP contribution in [0.5, 0.6) is 11.5 Å². The summed E-state index contributed by atoms with van der Waals surface area (Å²) in [4.78, 5) is 22.2. The molecule has 1 aromatic rings. The number of fused-ring (bicyclic) bond motifs is 1. The highest BCUT2D eigenvalue weighted by Crippen LogP contribution is 2.32. The average Bonchev–Trinajstić information content (AvgIpc) is 2.82. The van der Waals surface area contributed by atoms with E-state index in [9.17, 15) is 9.59 Å². The molecule has 0 saturated heterocycles. The lowest BCUT2D eigenvalue weighted by Crippen LogP contribution is -2.42. The first-order valence-corrected chi connectivity index (χ1v) is 5.24. The number of carbonyl (C=O) groups excluding carboxylic acids is 1. The van der Waals surface area contributed by atoms with Crippen molar-refractivity contribution in [2.45, 2.75) is 6.04 Å². The van der Waals surface area contributed by atoms with Crippen LogP contribution in [0.2, 0.25) is 0 Å². The molecule has 4 N–H and O–H groups in total. The fourth-order valence-corrected chi connectivity index (χ4v) is 1.43. The van der Waals surface area contributed by atoms with Crippen LogP contribution in [0.4, 0.5) is 0 Å². The molecule has 0 fully saturated rings. The maximum atomic E-state index is 11.7. The van der Waals surface area contributed by atoms with E-state index < -0.39 is 17.9 Å². The second kappa shape index (κ2) is 4.92. The summed E-state index contributed by atoms with van der Waals surface area (Å²) in [7, 11) is 0. The largest absolute Gasteiger partial charge is 0.480 e. The van der Waals surface area contributed by atoms with Gasteiger partial charge in [0.1, 0.15) is 6.04 Å². The molecule has 1 aromatic carbocycles. The molecule has 2 rings (SSSR count). The van der Waals surface area contributed by atoms with Gasteiger partial charge in [0, 0.05) is 12.1 Å². The summed E-state index contributed by atoms with van der Waals surface area (Å²) in [5.41, 5.74) is 5.63. The molecule has 0 aliphatic carbocycles. The molecule has 96 valence electrons. The highest BCUT2D eigenvalue weighted by Gasteiger charge is 2.17. The molecule has 1 atom stereocenters. The quantitative estimate of drug-likeness (QED) is 0.669. The van der Waals surface area contributed by atoms with E-state index in [0.717, 1.165) is 0 Å². The Morgan fingerprint density at radius 3 is 2.83 bits per heavy atom. The van der Waals surface area contributed by atoms with Crippen LogP contribution < -0.4 is 20.5 Å². The van der Waals surface area contributed by atoms with E-state index in [1.165, 1.54) is 6.07 Å². The Bertz CT molecular complexity index is 488. The Labute approximate surface area is 102 Å². The smallest absolute Gasteiger partial charge is 0.322 e. The number of amides is 1. The number of carboxylic acids is 1. The highest BCUT2D eigenvalue weighted by atomic mass is 16.7. The van der Waals surface area contributed by atoms with Crippen molar-refractivity contribution in [3.63, 3.8) is 0 Å². The normalized spacial score (nSPS) is 14.1. The lowest BCUT2D eigenvalue weighted by atomic mass is 10.2. The van der Waals surface area contributed by atoms with Crippen LogP contribution in [0, 0.1) is 0 Å². The molecule has 0 aromatic heterocycles. The van der Waals surface area contributed by atoms with Crippen LogP contribution >= 0.6 is 0 Å². The standard InChI is InChI=1S/C11H12N2O5/c12-7(11(15)16)4-13-10(14)6-1-2-8-9(3-6)18-5-17-8/h1-3,7H,4-5,12H2,(H,13,14)(H,15,16). The second-order valence-electron chi connectivity index (χ2n) is 3.72. The first-order valence-electron chi connectivity index (χ1n) is 5.24. The minimum atomic E-state index is -1.17. The van der Waals surface area contributed by atoms with Crippen molar-refractivity contribution < 1.29 is 24.2 Å². The molecule has 7 heteroatoms. The van der Waals surface area contributed by atoms with Crippen LogP contribution in [0.1, 0.15) is 10.4 Å². The van der Waals surface area contributed by atoms with E-state index in [-0.39, 0.29) is 13.3 Å². The number of aliphatic carboxylic acids is 1. The van der Waals surface area contributed by atoms with Crippen molar-refractivity contribution >= 4 is 11.9 Å². The number of benzene rings is 1. The zero-order valence-corrected chi connectivity index (χ0v) is 9.38. The van der Waals surface area contributed by atoms with Gasteiger partial charge in [0.2, 0.25) is 6.79 Å². The van der Waals surface area contributed by atoms with Gasteiger partial charge in [-0.2, -0.15) is 0 Å². The number of carboxylic acid groups (broad SMARTS) is 1. The molecule has 1 amide bonds. The molecule has 7 nitrogen and oxygen atoms in total. The molecule has 18 heavy (non-hydrogen) atoms. The zero-order chi connectivity index (χ0) is 13.1. The van der Waals surface area contributed by atoms with E-state index in [1.54, 1.807) is 12.1 Å². The van der Waals surface area contributed by atoms with Crippen molar-refractivity contribution in [2.24, 2.45) is 5.73 Å². The fourth-order valence-electron chi connectivity index (χ4n) is 1.43. The zero-order valence-electron chi connectivity index (χ0n) is 9.38. The van der Waals surface area contributed by atoms with E-state index in [1.807, 2.05) is 0 Å². The topological polar surface area (TPSA) is 111 Å². The van der Waals surface area contributed by atoms with Gasteiger partial charge in [-0.1, -0.05) is 0 Å². The molecule has 0 spiro atoms. The Hall–Kier alpha value is -2.28. The highest BCUT2D eigenvalue weighted by molar-refractivity contribution is 5.95. The number of rotatable bonds is 4. The third kappa shape index (κ3) is 2.51. The summed E-state index contributed by atoms with van der Waals surface area (Å²) in [5.74, 6) is -0.509. The molecule has 0 radical (unpaired) electrons. The van der Waals surface area contributed by atoms with Crippen LogP contribution in [0.3, 0.4) is 0 Å². The summed E-state index contributed by atoms with van der Waals surface area (Å²) in [6.07, 6.45) is 0. The number of nitrogens with two attached hydrogens (primary N) is 1. The van der Waals surface area contributed by atoms with Gasteiger partial charge < -0.3 is 25.6 Å². The average molecular weight is 252 g/mol. The SMILES string of the molecule is NC(CNC(=O)c1ccc2c(c1)OCO2)C(=O)O. The van der Waals surface area contributed by atoms with Crippen molar-refractivity contribution in [3.05, 3.63) is 23.8 Å². The Morgan fingerprint density at radius 2 is 2.11 bits per heavy atom. The predicted molar refractivity (Wildman–Crippen MR) is 60.5 cm³/mol. The van der Waals surface area contributed by atoms with Crippen molar-refractivity contribution in [3.8, 4) is 11.5 Å². The molecule has 0 saturated carbocycles. The lowest BCUT2D eigenvalue weighted by Gasteiger charge is -2.08. The Kier molecular flexibility index (Phi) is 3.33. The van der Waals surface area contributed by atoms with Crippen LogP contribution in [0.15, 0.2) is 18.2 Å². The van der Waals surface area contributed by atoms with Crippen LogP contribution in [0.25, 0.3) is 0 Å². The maximum Gasteiger partial charge on any atom is 0.322 e. The van der Waals surface area contributed by atoms with Gasteiger partial charge in [0.15, 0.2) is 11.5 Å². The summed E-state index contributed by atoms with van der Waals surface area (Å²) in [6, 6.07) is 3.59. The third-order valence-electron chi connectivity index (χ3n) is 2.43. The number of ether oxygens (including phenoxy) is 2. The van der Waals surface area contributed by atoms with E-state index in [4.69, 9.17) is 20.3 Å². The molecular weight excluding hydrogens is 240 g/mol. The van der Waals surface area contributed by atoms with Crippen molar-refractivity contribution in [1.82, 2.24) is 5.32 Å². The third-order valence-corrected chi connectivity index (χ3v) is 2.43. The van der Waals surface area contributed by atoms with E-state index in [0.29, 0.717) is 17.1 Å². The molecule has 1 aliphatic rings. The van der Waals surface area contributed by atoms with Gasteiger partial charge in [0.05, 0.1) is 0 Å². The molecule has 0 bridgehead atoms. The Morgan fingerprint density at radius 1 is 1.39 bits per heavy atom. The number of nitrogens with one attached hydrogen (secondary N) is 1. The first kappa shape index (κ1) is 12.2. The second-order valence-corrected chi connectivity index (χ2v) is 3.72. The maximum absolute atomic E-state index is 11.7. The summed E-state index contributed by atoms with van der Waals surface area (Å²) in [6.45, 7) is -0.00704. The van der Waals surface area contributed by atoms with E-state index >= 15 is 0 Å². The monoisotopic (exact) mass is 252 g/mol. The van der Waals surface area contributed by atoms with Crippen LogP contribution in [-0.2, 0) is 4.79 Å². The van der Waals surface area contributed by atoms with Gasteiger partial charge in [-0.15, -0.1) is 0 Å². The molecular formula is C11H12N2O5. The minimum absolute atomic E-state index is 0.129. The van der Waals surface area contributed by atoms with Crippen molar-refractivity contribution in [1.29, 1.82) is 0 Å². The van der Waals surface area contributed by atoms with Crippen LogP contribution in [-0.4, -0.2) is 36.4 Å². The van der Waals surface area contributed by atoms with Gasteiger partial charge in [-0.05, 0) is 18.2 Å². The Balaban J connectivity index is 1.99. The summed E-state index contributed by atoms with van der Waals surface area (Å²) in [5, 5.41) is 11.0. The summed E-state index contributed by atoms with van der Waals surface area (Å²) < 4.78 is 10.2. The number of hydrogen-bond donors (Lipinski definition) is 3. The van der Waals surface area contributed by atoms with Gasteiger partial charge in [-0.25, -0.2) is 0 Å². The molecule has 1 heterocycles. The first-order chi connectivity index (χ1) is 8.58. The lowest BCUT2D eigenvalue weighted by molar-refractivity contribution is -0.138.